The van der Waals surface area contributed by atoms with Crippen molar-refractivity contribution in [1.82, 2.24) is 10.6 Å². The Labute approximate surface area is 113 Å². The number of hydrogen-bond acceptors (Lipinski definition) is 3. The summed E-state index contributed by atoms with van der Waals surface area (Å²) in [5, 5.41) is 5.29. The van der Waals surface area contributed by atoms with Crippen molar-refractivity contribution >= 4 is 11.8 Å². The Morgan fingerprint density at radius 3 is 2.26 bits per heavy atom. The molecule has 0 aliphatic heterocycles. The summed E-state index contributed by atoms with van der Waals surface area (Å²) in [7, 11) is 0. The van der Waals surface area contributed by atoms with Gasteiger partial charge in [0.2, 0.25) is 11.8 Å². The molecule has 0 aliphatic carbocycles. The zero-order valence-electron chi connectivity index (χ0n) is 11.2. The molecule has 0 atom stereocenters. The van der Waals surface area contributed by atoms with E-state index in [2.05, 4.69) is 10.6 Å². The minimum Gasteiger partial charge on any atom is -0.355 e. The van der Waals surface area contributed by atoms with Gasteiger partial charge in [-0.25, -0.2) is 0 Å². The Morgan fingerprint density at radius 1 is 1.05 bits per heavy atom. The van der Waals surface area contributed by atoms with E-state index >= 15 is 0 Å². The van der Waals surface area contributed by atoms with Gasteiger partial charge < -0.3 is 16.4 Å². The summed E-state index contributed by atoms with van der Waals surface area (Å²) in [5.41, 5.74) is 7.44. The van der Waals surface area contributed by atoms with E-state index in [1.165, 1.54) is 0 Å². The second-order valence-electron chi connectivity index (χ2n) is 4.32. The molecule has 0 unspecified atom stereocenters. The van der Waals surface area contributed by atoms with E-state index in [4.69, 9.17) is 5.73 Å². The van der Waals surface area contributed by atoms with Crippen LogP contribution in [0.25, 0.3) is 0 Å². The van der Waals surface area contributed by atoms with Crippen LogP contribution in [0.5, 0.6) is 0 Å². The van der Waals surface area contributed by atoms with Crippen molar-refractivity contribution in [3.05, 3.63) is 35.4 Å². The van der Waals surface area contributed by atoms with Crippen molar-refractivity contribution < 1.29 is 9.59 Å². The number of carbonyl (C=O) groups is 2. The number of nitrogens with one attached hydrogen (secondary N) is 2. The van der Waals surface area contributed by atoms with Crippen LogP contribution in [0.3, 0.4) is 0 Å². The van der Waals surface area contributed by atoms with Crippen LogP contribution in [-0.2, 0) is 22.6 Å². The van der Waals surface area contributed by atoms with Crippen LogP contribution in [-0.4, -0.2) is 24.9 Å². The van der Waals surface area contributed by atoms with Gasteiger partial charge in [0.05, 0.1) is 13.0 Å². The van der Waals surface area contributed by atoms with Gasteiger partial charge >= 0.3 is 0 Å². The Hall–Kier alpha value is -1.88. The summed E-state index contributed by atoms with van der Waals surface area (Å²) in [6, 6.07) is 7.55. The Bertz CT molecular complexity index is 415. The highest BCUT2D eigenvalue weighted by molar-refractivity contribution is 5.85. The van der Waals surface area contributed by atoms with Crippen molar-refractivity contribution in [2.45, 2.75) is 26.3 Å². The van der Waals surface area contributed by atoms with Gasteiger partial charge in [-0.3, -0.25) is 9.59 Å². The van der Waals surface area contributed by atoms with Crippen LogP contribution >= 0.6 is 0 Å². The number of carbonyl (C=O) groups excluding carboxylic acids is 2. The van der Waals surface area contributed by atoms with Crippen LogP contribution in [0, 0.1) is 0 Å². The smallest absolute Gasteiger partial charge is 0.239 e. The standard InChI is InChI=1S/C14H21N3O2/c1-2-7-16-14(19)10-17-13(18)8-11-3-5-12(9-15)6-4-11/h3-6H,2,7-10,15H2,1H3,(H,16,19)(H,17,18). The van der Waals surface area contributed by atoms with Crippen LogP contribution < -0.4 is 16.4 Å². The molecular formula is C14H21N3O2. The molecule has 1 rings (SSSR count). The number of hydrogen-bond donors (Lipinski definition) is 3. The molecule has 104 valence electrons. The maximum absolute atomic E-state index is 11.6. The molecule has 4 N–H and O–H groups in total. The van der Waals surface area contributed by atoms with Crippen LogP contribution in [0.2, 0.25) is 0 Å². The molecule has 0 saturated heterocycles. The van der Waals surface area contributed by atoms with E-state index in [9.17, 15) is 9.59 Å². The number of rotatable bonds is 7. The Balaban J connectivity index is 2.32. The Morgan fingerprint density at radius 2 is 1.68 bits per heavy atom. The number of benzene rings is 1. The molecule has 1 aromatic carbocycles. The summed E-state index contributed by atoms with van der Waals surface area (Å²) in [4.78, 5) is 22.9. The summed E-state index contributed by atoms with van der Waals surface area (Å²) < 4.78 is 0. The van der Waals surface area contributed by atoms with Crippen molar-refractivity contribution in [2.24, 2.45) is 5.73 Å². The first-order valence-corrected chi connectivity index (χ1v) is 6.47. The lowest BCUT2D eigenvalue weighted by molar-refractivity contribution is -0.125. The lowest BCUT2D eigenvalue weighted by Crippen LogP contribution is -2.37. The van der Waals surface area contributed by atoms with E-state index in [0.29, 0.717) is 13.1 Å². The van der Waals surface area contributed by atoms with E-state index in [0.717, 1.165) is 17.5 Å². The SMILES string of the molecule is CCCNC(=O)CNC(=O)Cc1ccc(CN)cc1. The first kappa shape index (κ1) is 15.2. The van der Waals surface area contributed by atoms with E-state index in [1.54, 1.807) is 0 Å². The Kier molecular flexibility index (Phi) is 6.60. The largest absolute Gasteiger partial charge is 0.355 e. The van der Waals surface area contributed by atoms with Crippen LogP contribution in [0.15, 0.2) is 24.3 Å². The molecule has 0 heterocycles. The van der Waals surface area contributed by atoms with Crippen molar-refractivity contribution in [3.8, 4) is 0 Å². The summed E-state index contributed by atoms with van der Waals surface area (Å²) in [6.45, 7) is 3.13. The van der Waals surface area contributed by atoms with E-state index in [-0.39, 0.29) is 24.8 Å². The third-order valence-corrected chi connectivity index (χ3v) is 2.64. The fraction of sp³-hybridized carbons (Fsp3) is 0.429. The maximum atomic E-state index is 11.6. The first-order chi connectivity index (χ1) is 9.15. The second kappa shape index (κ2) is 8.26. The third-order valence-electron chi connectivity index (χ3n) is 2.64. The summed E-state index contributed by atoms with van der Waals surface area (Å²) in [5.74, 6) is -0.319. The van der Waals surface area contributed by atoms with Crippen molar-refractivity contribution in [1.29, 1.82) is 0 Å². The lowest BCUT2D eigenvalue weighted by Gasteiger charge is -2.06. The molecule has 0 saturated carbocycles. The molecule has 0 radical (unpaired) electrons. The van der Waals surface area contributed by atoms with Gasteiger partial charge in [0.15, 0.2) is 0 Å². The minimum atomic E-state index is -0.160. The average Bonchev–Trinajstić information content (AvgIpc) is 2.43. The highest BCUT2D eigenvalue weighted by Gasteiger charge is 2.05. The van der Waals surface area contributed by atoms with Gasteiger partial charge in [0.1, 0.15) is 0 Å². The van der Waals surface area contributed by atoms with E-state index < -0.39 is 0 Å². The van der Waals surface area contributed by atoms with Gasteiger partial charge in [0.25, 0.3) is 0 Å². The maximum Gasteiger partial charge on any atom is 0.239 e. The molecule has 0 bridgehead atoms. The van der Waals surface area contributed by atoms with Gasteiger partial charge in [-0.05, 0) is 17.5 Å². The predicted molar refractivity (Wildman–Crippen MR) is 74.3 cm³/mol. The summed E-state index contributed by atoms with van der Waals surface area (Å²) >= 11 is 0. The molecule has 5 nitrogen and oxygen atoms in total. The molecule has 19 heavy (non-hydrogen) atoms. The molecule has 1 aromatic rings. The van der Waals surface area contributed by atoms with Gasteiger partial charge in [0, 0.05) is 13.1 Å². The summed E-state index contributed by atoms with van der Waals surface area (Å²) in [6.07, 6.45) is 1.15. The highest BCUT2D eigenvalue weighted by Crippen LogP contribution is 2.04. The minimum absolute atomic E-state index is 0.0275. The molecule has 0 aliphatic rings. The number of amides is 2. The molecule has 0 spiro atoms. The number of nitrogens with two attached hydrogens (primary N) is 1. The quantitative estimate of drug-likeness (QED) is 0.663. The van der Waals surface area contributed by atoms with Gasteiger partial charge in [-0.1, -0.05) is 31.2 Å². The lowest BCUT2D eigenvalue weighted by atomic mass is 10.1. The molecule has 0 aromatic heterocycles. The van der Waals surface area contributed by atoms with Crippen LogP contribution in [0.4, 0.5) is 0 Å². The van der Waals surface area contributed by atoms with Crippen LogP contribution in [0.1, 0.15) is 24.5 Å². The topological polar surface area (TPSA) is 84.2 Å². The predicted octanol–water partition coefficient (Wildman–Crippen LogP) is 0.330. The average molecular weight is 263 g/mol. The molecule has 2 amide bonds. The molecule has 0 fully saturated rings. The zero-order chi connectivity index (χ0) is 14.1. The zero-order valence-corrected chi connectivity index (χ0v) is 11.2. The van der Waals surface area contributed by atoms with Crippen molar-refractivity contribution in [3.63, 3.8) is 0 Å². The highest BCUT2D eigenvalue weighted by atomic mass is 16.2. The fourth-order valence-electron chi connectivity index (χ4n) is 1.55. The normalized spacial score (nSPS) is 10.0. The molecular weight excluding hydrogens is 242 g/mol. The monoisotopic (exact) mass is 263 g/mol. The molecule has 5 heteroatoms. The fourth-order valence-corrected chi connectivity index (χ4v) is 1.55. The first-order valence-electron chi connectivity index (χ1n) is 6.47. The van der Waals surface area contributed by atoms with Gasteiger partial charge in [-0.2, -0.15) is 0 Å². The third kappa shape index (κ3) is 6.01. The van der Waals surface area contributed by atoms with E-state index in [1.807, 2.05) is 31.2 Å². The van der Waals surface area contributed by atoms with Crippen molar-refractivity contribution in [2.75, 3.05) is 13.1 Å². The second-order valence-corrected chi connectivity index (χ2v) is 4.32. The van der Waals surface area contributed by atoms with Gasteiger partial charge in [-0.15, -0.1) is 0 Å².